The molecule has 26 heavy (non-hydrogen) atoms. The molecule has 2 aromatic carbocycles. The summed E-state index contributed by atoms with van der Waals surface area (Å²) in [5, 5.41) is 0.817. The number of aromatic nitrogens is 2. The van der Waals surface area contributed by atoms with Crippen molar-refractivity contribution in [2.75, 3.05) is 26.3 Å². The predicted octanol–water partition coefficient (Wildman–Crippen LogP) is 3.39. The van der Waals surface area contributed by atoms with Gasteiger partial charge in [0, 0.05) is 19.2 Å². The van der Waals surface area contributed by atoms with Crippen LogP contribution in [0.25, 0.3) is 11.0 Å². The van der Waals surface area contributed by atoms with Gasteiger partial charge in [-0.3, -0.25) is 4.79 Å². The molecule has 2 heterocycles. The Morgan fingerprint density at radius 3 is 2.96 bits per heavy atom. The Kier molecular flexibility index (Phi) is 4.81. The van der Waals surface area contributed by atoms with Crippen LogP contribution in [-0.4, -0.2) is 41.6 Å². The molecule has 1 aliphatic rings. The topological polar surface area (TPSA) is 62.6 Å². The first kappa shape index (κ1) is 16.9. The molecule has 0 saturated heterocycles. The average Bonchev–Trinajstić information content (AvgIpc) is 3.27. The molecule has 4 rings (SSSR count). The predicted molar refractivity (Wildman–Crippen MR) is 99.2 cm³/mol. The van der Waals surface area contributed by atoms with Crippen LogP contribution in [0.1, 0.15) is 10.4 Å². The van der Waals surface area contributed by atoms with Crippen LogP contribution < -0.4 is 9.47 Å². The summed E-state index contributed by atoms with van der Waals surface area (Å²) in [6.45, 7) is 1.48. The molecule has 0 fully saturated rings. The summed E-state index contributed by atoms with van der Waals surface area (Å²) in [6.07, 6.45) is 0. The Balaban J connectivity index is 1.52. The number of fused-ring (bicyclic) bond motifs is 2. The van der Waals surface area contributed by atoms with E-state index >= 15 is 0 Å². The number of para-hydroxylation sites is 2. The number of methoxy groups -OCH3 is 1. The number of rotatable bonds is 7. The second-order valence-corrected chi connectivity index (χ2v) is 6.75. The Bertz CT molecular complexity index is 954. The summed E-state index contributed by atoms with van der Waals surface area (Å²) in [4.78, 5) is 17.2. The summed E-state index contributed by atoms with van der Waals surface area (Å²) in [5.74, 6) is 1.62. The van der Waals surface area contributed by atoms with E-state index in [1.54, 1.807) is 25.3 Å². The van der Waals surface area contributed by atoms with Gasteiger partial charge in [0.25, 0.3) is 0 Å². The highest BCUT2D eigenvalue weighted by molar-refractivity contribution is 7.99. The fourth-order valence-corrected chi connectivity index (χ4v) is 3.78. The number of hydrogen-bond donors (Lipinski definition) is 0. The van der Waals surface area contributed by atoms with Gasteiger partial charge in [-0.15, -0.1) is 0 Å². The highest BCUT2D eigenvalue weighted by Gasteiger charge is 2.18. The Hall–Kier alpha value is -2.51. The molecule has 0 amide bonds. The third-order valence-electron chi connectivity index (χ3n) is 4.17. The summed E-state index contributed by atoms with van der Waals surface area (Å²) in [6, 6.07) is 13.2. The third-order valence-corrected chi connectivity index (χ3v) is 5.14. The second kappa shape index (κ2) is 7.39. The number of thioether (sulfide) groups is 1. The number of carbonyl (C=O) groups is 1. The van der Waals surface area contributed by atoms with Gasteiger partial charge in [-0.25, -0.2) is 4.98 Å². The van der Waals surface area contributed by atoms with Crippen molar-refractivity contribution in [3.63, 3.8) is 0 Å². The number of ketones is 1. The van der Waals surface area contributed by atoms with E-state index < -0.39 is 0 Å². The minimum atomic E-state index is 0.0265. The van der Waals surface area contributed by atoms with Crippen LogP contribution in [0.4, 0.5) is 0 Å². The lowest BCUT2D eigenvalue weighted by Crippen LogP contribution is -2.08. The van der Waals surface area contributed by atoms with Crippen LogP contribution in [0.15, 0.2) is 47.6 Å². The van der Waals surface area contributed by atoms with Gasteiger partial charge in [0.2, 0.25) is 6.79 Å². The molecular formula is C19H18N2O4S. The lowest BCUT2D eigenvalue weighted by atomic mass is 10.1. The maximum absolute atomic E-state index is 12.6. The molecule has 0 spiro atoms. The van der Waals surface area contributed by atoms with Crippen molar-refractivity contribution in [1.82, 2.24) is 9.55 Å². The molecule has 0 bridgehead atoms. The van der Waals surface area contributed by atoms with Crippen molar-refractivity contribution >= 4 is 28.6 Å². The van der Waals surface area contributed by atoms with Gasteiger partial charge in [-0.2, -0.15) is 0 Å². The molecule has 7 heteroatoms. The van der Waals surface area contributed by atoms with Crippen molar-refractivity contribution in [2.45, 2.75) is 11.7 Å². The molecule has 0 unspecified atom stereocenters. The summed E-state index contributed by atoms with van der Waals surface area (Å²) < 4.78 is 17.9. The van der Waals surface area contributed by atoms with Crippen molar-refractivity contribution in [1.29, 1.82) is 0 Å². The quantitative estimate of drug-likeness (QED) is 0.469. The van der Waals surface area contributed by atoms with Crippen LogP contribution in [0.5, 0.6) is 11.5 Å². The zero-order chi connectivity index (χ0) is 17.9. The van der Waals surface area contributed by atoms with E-state index in [1.807, 2.05) is 24.3 Å². The summed E-state index contributed by atoms with van der Waals surface area (Å²) in [5.41, 5.74) is 2.57. The van der Waals surface area contributed by atoms with E-state index in [0.29, 0.717) is 36.0 Å². The number of nitrogens with zero attached hydrogens (tertiary/aromatic N) is 2. The number of benzene rings is 2. The van der Waals surface area contributed by atoms with Crippen molar-refractivity contribution in [3.8, 4) is 11.5 Å². The molecule has 0 N–H and O–H groups in total. The fraction of sp³-hybridized carbons (Fsp3) is 0.263. The maximum Gasteiger partial charge on any atom is 0.231 e. The minimum absolute atomic E-state index is 0.0265. The van der Waals surface area contributed by atoms with E-state index in [0.717, 1.165) is 16.2 Å². The Morgan fingerprint density at radius 1 is 1.23 bits per heavy atom. The largest absolute Gasteiger partial charge is 0.454 e. The molecule has 0 radical (unpaired) electrons. The van der Waals surface area contributed by atoms with E-state index in [4.69, 9.17) is 14.2 Å². The monoisotopic (exact) mass is 370 g/mol. The zero-order valence-electron chi connectivity index (χ0n) is 14.3. The second-order valence-electron chi connectivity index (χ2n) is 5.81. The van der Waals surface area contributed by atoms with E-state index in [9.17, 15) is 4.79 Å². The zero-order valence-corrected chi connectivity index (χ0v) is 15.1. The number of ether oxygens (including phenoxy) is 3. The summed E-state index contributed by atoms with van der Waals surface area (Å²) >= 11 is 1.43. The fourth-order valence-electron chi connectivity index (χ4n) is 2.85. The van der Waals surface area contributed by atoms with Gasteiger partial charge in [0.05, 0.1) is 23.4 Å². The number of imidazole rings is 1. The van der Waals surface area contributed by atoms with Crippen LogP contribution in [0.3, 0.4) is 0 Å². The van der Waals surface area contributed by atoms with E-state index in [-0.39, 0.29) is 12.6 Å². The molecule has 1 aliphatic heterocycles. The SMILES string of the molecule is COCCn1c(SCC(=O)c2ccc3c(c2)OCO3)nc2ccccc21. The normalized spacial score (nSPS) is 12.7. The lowest BCUT2D eigenvalue weighted by molar-refractivity contribution is 0.102. The van der Waals surface area contributed by atoms with Crippen molar-refractivity contribution in [2.24, 2.45) is 0 Å². The van der Waals surface area contributed by atoms with Crippen LogP contribution in [0.2, 0.25) is 0 Å². The van der Waals surface area contributed by atoms with Crippen LogP contribution in [0, 0.1) is 0 Å². The van der Waals surface area contributed by atoms with Crippen molar-refractivity contribution < 1.29 is 19.0 Å². The molecule has 1 aromatic heterocycles. The first-order valence-corrected chi connectivity index (χ1v) is 9.24. The van der Waals surface area contributed by atoms with Gasteiger partial charge in [0.15, 0.2) is 22.4 Å². The standard InChI is InChI=1S/C19H18N2O4S/c1-23-9-8-21-15-5-3-2-4-14(15)20-19(21)26-11-16(22)13-6-7-17-18(10-13)25-12-24-17/h2-7,10H,8-9,11-12H2,1H3. The Morgan fingerprint density at radius 2 is 2.08 bits per heavy atom. The summed E-state index contributed by atoms with van der Waals surface area (Å²) in [7, 11) is 1.68. The first-order valence-electron chi connectivity index (χ1n) is 8.26. The molecular weight excluding hydrogens is 352 g/mol. The highest BCUT2D eigenvalue weighted by atomic mass is 32.2. The van der Waals surface area contributed by atoms with Crippen molar-refractivity contribution in [3.05, 3.63) is 48.0 Å². The van der Waals surface area contributed by atoms with E-state index in [2.05, 4.69) is 9.55 Å². The smallest absolute Gasteiger partial charge is 0.231 e. The maximum atomic E-state index is 12.6. The minimum Gasteiger partial charge on any atom is -0.454 e. The van der Waals surface area contributed by atoms with Gasteiger partial charge >= 0.3 is 0 Å². The van der Waals surface area contributed by atoms with Crippen LogP contribution >= 0.6 is 11.8 Å². The highest BCUT2D eigenvalue weighted by Crippen LogP contribution is 2.33. The van der Waals surface area contributed by atoms with Gasteiger partial charge < -0.3 is 18.8 Å². The molecule has 134 valence electrons. The van der Waals surface area contributed by atoms with Gasteiger partial charge in [0.1, 0.15) is 0 Å². The first-order chi connectivity index (χ1) is 12.8. The average molecular weight is 370 g/mol. The molecule has 0 aliphatic carbocycles. The lowest BCUT2D eigenvalue weighted by Gasteiger charge is -2.08. The van der Waals surface area contributed by atoms with Gasteiger partial charge in [-0.05, 0) is 30.3 Å². The Labute approximate surface area is 155 Å². The van der Waals surface area contributed by atoms with Crippen LogP contribution in [-0.2, 0) is 11.3 Å². The molecule has 0 atom stereocenters. The number of Topliss-reactive ketones (excluding diaryl/α,β-unsaturated/α-hetero) is 1. The number of carbonyl (C=O) groups excluding carboxylic acids is 1. The molecule has 0 saturated carbocycles. The number of hydrogen-bond acceptors (Lipinski definition) is 6. The van der Waals surface area contributed by atoms with Gasteiger partial charge in [-0.1, -0.05) is 23.9 Å². The molecule has 3 aromatic rings. The molecule has 6 nitrogen and oxygen atoms in total. The third kappa shape index (κ3) is 3.27. The van der Waals surface area contributed by atoms with E-state index in [1.165, 1.54) is 11.8 Å².